The molecule has 17 heavy (non-hydrogen) atoms. The van der Waals surface area contributed by atoms with Crippen LogP contribution in [0.2, 0.25) is 0 Å². The highest BCUT2D eigenvalue weighted by Gasteiger charge is 2.24. The minimum absolute atomic E-state index is 0.266. The van der Waals surface area contributed by atoms with Gasteiger partial charge >= 0.3 is 0 Å². The van der Waals surface area contributed by atoms with E-state index in [0.29, 0.717) is 24.9 Å². The third-order valence-electron chi connectivity index (χ3n) is 3.43. The van der Waals surface area contributed by atoms with E-state index in [1.54, 1.807) is 6.07 Å². The van der Waals surface area contributed by atoms with Gasteiger partial charge in [0.25, 0.3) is 0 Å². The van der Waals surface area contributed by atoms with Gasteiger partial charge in [0.2, 0.25) is 0 Å². The summed E-state index contributed by atoms with van der Waals surface area (Å²) in [4.78, 5) is 0. The van der Waals surface area contributed by atoms with Crippen molar-refractivity contribution in [2.24, 2.45) is 0 Å². The highest BCUT2D eigenvalue weighted by Crippen LogP contribution is 2.43. The van der Waals surface area contributed by atoms with Crippen LogP contribution in [0.3, 0.4) is 0 Å². The van der Waals surface area contributed by atoms with Crippen LogP contribution in [-0.4, -0.2) is 31.4 Å². The van der Waals surface area contributed by atoms with Gasteiger partial charge in [-0.05, 0) is 37.9 Å². The van der Waals surface area contributed by atoms with Crippen molar-refractivity contribution in [3.63, 3.8) is 0 Å². The maximum Gasteiger partial charge on any atom is 0.165 e. The van der Waals surface area contributed by atoms with E-state index in [9.17, 15) is 5.11 Å². The zero-order chi connectivity index (χ0) is 11.7. The summed E-state index contributed by atoms with van der Waals surface area (Å²) >= 11 is 0. The molecule has 1 aromatic carbocycles. The summed E-state index contributed by atoms with van der Waals surface area (Å²) in [5, 5.41) is 13.1. The Hall–Kier alpha value is -1.42. The van der Waals surface area contributed by atoms with Crippen LogP contribution in [0.1, 0.15) is 24.3 Å². The minimum Gasteiger partial charge on any atom is -0.508 e. The van der Waals surface area contributed by atoms with Gasteiger partial charge in [0.05, 0.1) is 0 Å². The predicted octanol–water partition coefficient (Wildman–Crippen LogP) is 1.63. The van der Waals surface area contributed by atoms with Crippen molar-refractivity contribution >= 4 is 0 Å². The Morgan fingerprint density at radius 3 is 2.71 bits per heavy atom. The molecule has 0 unspecified atom stereocenters. The Labute approximate surface area is 101 Å². The third kappa shape index (κ3) is 2.05. The third-order valence-corrected chi connectivity index (χ3v) is 3.43. The Morgan fingerprint density at radius 2 is 1.88 bits per heavy atom. The molecule has 0 aromatic heterocycles. The monoisotopic (exact) mass is 235 g/mol. The van der Waals surface area contributed by atoms with Gasteiger partial charge in [-0.1, -0.05) is 0 Å². The lowest BCUT2D eigenvalue weighted by Crippen LogP contribution is -2.27. The van der Waals surface area contributed by atoms with E-state index in [4.69, 9.17) is 9.47 Å². The maximum atomic E-state index is 9.75. The second kappa shape index (κ2) is 4.45. The Balaban J connectivity index is 1.98. The molecule has 2 aliphatic heterocycles. The fourth-order valence-electron chi connectivity index (χ4n) is 2.60. The average molecular weight is 235 g/mol. The maximum absolute atomic E-state index is 9.75. The molecule has 1 fully saturated rings. The average Bonchev–Trinajstić information content (AvgIpc) is 2.39. The molecule has 2 heterocycles. The molecule has 0 atom stereocenters. The van der Waals surface area contributed by atoms with Gasteiger partial charge in [-0.15, -0.1) is 0 Å². The Morgan fingerprint density at radius 1 is 1.12 bits per heavy atom. The first-order valence-electron chi connectivity index (χ1n) is 6.18. The van der Waals surface area contributed by atoms with E-state index in [1.165, 1.54) is 0 Å². The van der Waals surface area contributed by atoms with Crippen molar-refractivity contribution in [2.75, 3.05) is 26.3 Å². The number of phenols is 1. The lowest BCUT2D eigenvalue weighted by molar-refractivity contribution is 0.167. The Kier molecular flexibility index (Phi) is 2.81. The number of benzene rings is 1. The SMILES string of the molecule is Oc1cc2c(c(C3CCNCC3)c1)OCCO2. The van der Waals surface area contributed by atoms with E-state index in [2.05, 4.69) is 5.32 Å². The summed E-state index contributed by atoms with van der Waals surface area (Å²) in [6.45, 7) is 3.20. The number of hydrogen-bond donors (Lipinski definition) is 2. The molecule has 0 aliphatic carbocycles. The molecule has 1 saturated heterocycles. The minimum atomic E-state index is 0.266. The van der Waals surface area contributed by atoms with Crippen molar-refractivity contribution < 1.29 is 14.6 Å². The molecule has 0 bridgehead atoms. The van der Waals surface area contributed by atoms with Gasteiger partial charge in [0.1, 0.15) is 19.0 Å². The largest absolute Gasteiger partial charge is 0.508 e. The lowest BCUT2D eigenvalue weighted by Gasteiger charge is -2.28. The zero-order valence-corrected chi connectivity index (χ0v) is 9.74. The van der Waals surface area contributed by atoms with Crippen LogP contribution in [-0.2, 0) is 0 Å². The highest BCUT2D eigenvalue weighted by atomic mass is 16.6. The molecule has 2 N–H and O–H groups in total. The van der Waals surface area contributed by atoms with Gasteiger partial charge < -0.3 is 19.9 Å². The first-order valence-corrected chi connectivity index (χ1v) is 6.18. The first-order chi connectivity index (χ1) is 8.34. The van der Waals surface area contributed by atoms with E-state index >= 15 is 0 Å². The summed E-state index contributed by atoms with van der Waals surface area (Å²) in [6, 6.07) is 3.46. The molecule has 92 valence electrons. The molecule has 0 amide bonds. The van der Waals surface area contributed by atoms with Crippen LogP contribution in [0.25, 0.3) is 0 Å². The summed E-state index contributed by atoms with van der Waals surface area (Å²) in [5.74, 6) is 2.24. The van der Waals surface area contributed by atoms with Gasteiger partial charge in [-0.3, -0.25) is 0 Å². The van der Waals surface area contributed by atoms with Crippen LogP contribution in [0.15, 0.2) is 12.1 Å². The smallest absolute Gasteiger partial charge is 0.165 e. The second-order valence-corrected chi connectivity index (χ2v) is 4.58. The molecule has 1 aromatic rings. The van der Waals surface area contributed by atoms with Crippen LogP contribution in [0.4, 0.5) is 0 Å². The van der Waals surface area contributed by atoms with Crippen molar-refractivity contribution in [1.29, 1.82) is 0 Å². The molecule has 0 radical (unpaired) electrons. The fourth-order valence-corrected chi connectivity index (χ4v) is 2.60. The fraction of sp³-hybridized carbons (Fsp3) is 0.538. The summed E-state index contributed by atoms with van der Waals surface area (Å²) in [6.07, 6.45) is 2.17. The topological polar surface area (TPSA) is 50.7 Å². The zero-order valence-electron chi connectivity index (χ0n) is 9.74. The first kappa shape index (κ1) is 10.7. The molecule has 0 saturated carbocycles. The van der Waals surface area contributed by atoms with Crippen molar-refractivity contribution in [1.82, 2.24) is 5.32 Å². The number of phenolic OH excluding ortho intramolecular Hbond substituents is 1. The molecular weight excluding hydrogens is 218 g/mol. The number of piperidine rings is 1. The van der Waals surface area contributed by atoms with Crippen molar-refractivity contribution in [3.8, 4) is 17.2 Å². The number of rotatable bonds is 1. The summed E-state index contributed by atoms with van der Waals surface area (Å²) < 4.78 is 11.2. The van der Waals surface area contributed by atoms with E-state index in [1.807, 2.05) is 6.07 Å². The molecule has 2 aliphatic rings. The summed E-state index contributed by atoms with van der Waals surface area (Å²) in [5.41, 5.74) is 1.10. The number of ether oxygens (including phenoxy) is 2. The lowest BCUT2D eigenvalue weighted by atomic mass is 9.89. The Bertz CT molecular complexity index is 413. The van der Waals surface area contributed by atoms with Crippen LogP contribution < -0.4 is 14.8 Å². The van der Waals surface area contributed by atoms with E-state index in [-0.39, 0.29) is 5.75 Å². The quantitative estimate of drug-likeness (QED) is 0.776. The van der Waals surface area contributed by atoms with E-state index < -0.39 is 0 Å². The molecule has 0 spiro atoms. The molecule has 4 nitrogen and oxygen atoms in total. The highest BCUT2D eigenvalue weighted by molar-refractivity contribution is 5.53. The van der Waals surface area contributed by atoms with Crippen LogP contribution >= 0.6 is 0 Å². The summed E-state index contributed by atoms with van der Waals surface area (Å²) in [7, 11) is 0. The number of fused-ring (bicyclic) bond motifs is 1. The van der Waals surface area contributed by atoms with Gasteiger partial charge in [-0.25, -0.2) is 0 Å². The molecular formula is C13H17NO3. The number of hydrogen-bond acceptors (Lipinski definition) is 4. The molecule has 4 heteroatoms. The van der Waals surface area contributed by atoms with Crippen LogP contribution in [0.5, 0.6) is 17.2 Å². The predicted molar refractivity (Wildman–Crippen MR) is 63.9 cm³/mol. The standard InChI is InChI=1S/C13H17NO3/c15-10-7-11(9-1-3-14-4-2-9)13-12(8-10)16-5-6-17-13/h7-9,14-15H,1-6H2. The normalized spacial score (nSPS) is 20.2. The van der Waals surface area contributed by atoms with Gasteiger partial charge in [-0.2, -0.15) is 0 Å². The van der Waals surface area contributed by atoms with Gasteiger partial charge in [0, 0.05) is 11.6 Å². The van der Waals surface area contributed by atoms with Gasteiger partial charge in [0.15, 0.2) is 11.5 Å². The van der Waals surface area contributed by atoms with E-state index in [0.717, 1.165) is 37.2 Å². The van der Waals surface area contributed by atoms with Crippen LogP contribution in [0, 0.1) is 0 Å². The van der Waals surface area contributed by atoms with Crippen molar-refractivity contribution in [3.05, 3.63) is 17.7 Å². The second-order valence-electron chi connectivity index (χ2n) is 4.58. The molecule has 3 rings (SSSR count). The number of nitrogens with one attached hydrogen (secondary N) is 1. The van der Waals surface area contributed by atoms with Crippen molar-refractivity contribution in [2.45, 2.75) is 18.8 Å². The number of aromatic hydroxyl groups is 1.